The van der Waals surface area contributed by atoms with Crippen LogP contribution < -0.4 is 4.90 Å². The summed E-state index contributed by atoms with van der Waals surface area (Å²) in [5.74, 6) is 0.950. The van der Waals surface area contributed by atoms with E-state index in [1.807, 2.05) is 10.9 Å². The molecule has 5 heteroatoms. The minimum Gasteiger partial charge on any atom is -0.356 e. The van der Waals surface area contributed by atoms with E-state index in [4.69, 9.17) is 0 Å². The number of rotatable bonds is 4. The maximum atomic E-state index is 4.55. The zero-order valence-corrected chi connectivity index (χ0v) is 13.5. The lowest BCUT2D eigenvalue weighted by Gasteiger charge is -2.19. The van der Waals surface area contributed by atoms with Crippen LogP contribution in [-0.4, -0.2) is 32.8 Å². The highest BCUT2D eigenvalue weighted by molar-refractivity contribution is 5.87. The second-order valence-electron chi connectivity index (χ2n) is 5.51. The van der Waals surface area contributed by atoms with Crippen LogP contribution in [0.5, 0.6) is 0 Å². The van der Waals surface area contributed by atoms with Crippen LogP contribution in [0, 0.1) is 13.8 Å². The molecule has 0 unspecified atom stereocenters. The fourth-order valence-corrected chi connectivity index (χ4v) is 2.87. The number of hydrogen-bond donors (Lipinski definition) is 0. The van der Waals surface area contributed by atoms with Crippen molar-refractivity contribution in [2.24, 2.45) is 0 Å². The van der Waals surface area contributed by atoms with Crippen molar-refractivity contribution >= 4 is 16.9 Å². The topological polar surface area (TPSA) is 46.8 Å². The van der Waals surface area contributed by atoms with Crippen LogP contribution in [0.15, 0.2) is 30.7 Å². The predicted molar refractivity (Wildman–Crippen MR) is 89.7 cm³/mol. The summed E-state index contributed by atoms with van der Waals surface area (Å²) in [5, 5.41) is 5.54. The average molecular weight is 295 g/mol. The average Bonchev–Trinajstić information content (AvgIpc) is 2.92. The first-order valence-electron chi connectivity index (χ1n) is 7.66. The molecule has 3 rings (SSSR count). The fraction of sp³-hybridized carbons (Fsp3) is 0.353. The van der Waals surface area contributed by atoms with Crippen LogP contribution in [-0.2, 0) is 0 Å². The van der Waals surface area contributed by atoms with Crippen molar-refractivity contribution < 1.29 is 0 Å². The van der Waals surface area contributed by atoms with Gasteiger partial charge in [-0.1, -0.05) is 6.07 Å². The molecule has 3 aromatic rings. The molecule has 0 radical (unpaired) electrons. The minimum atomic E-state index is 0.849. The first-order chi connectivity index (χ1) is 10.6. The summed E-state index contributed by atoms with van der Waals surface area (Å²) >= 11 is 0. The predicted octanol–water partition coefficient (Wildman–Crippen LogP) is 3.28. The van der Waals surface area contributed by atoms with Gasteiger partial charge in [0.1, 0.15) is 12.1 Å². The highest BCUT2D eigenvalue weighted by atomic mass is 15.3. The molecule has 0 fully saturated rings. The molecule has 2 aromatic heterocycles. The van der Waals surface area contributed by atoms with Crippen LogP contribution >= 0.6 is 0 Å². The van der Waals surface area contributed by atoms with Crippen molar-refractivity contribution in [1.82, 2.24) is 19.7 Å². The van der Waals surface area contributed by atoms with Crippen molar-refractivity contribution in [2.45, 2.75) is 27.7 Å². The van der Waals surface area contributed by atoms with Crippen LogP contribution in [0.25, 0.3) is 16.7 Å². The van der Waals surface area contributed by atoms with Gasteiger partial charge in [-0.15, -0.1) is 0 Å². The maximum Gasteiger partial charge on any atom is 0.168 e. The normalized spacial score (nSPS) is 11.1. The Labute approximate surface area is 130 Å². The van der Waals surface area contributed by atoms with E-state index in [-0.39, 0.29) is 0 Å². The molecule has 0 saturated carbocycles. The number of hydrogen-bond acceptors (Lipinski definition) is 4. The SMILES string of the molecule is CCN(CC)c1ncnc2c1cnn2-c1cc(C)cc(C)c1. The Bertz CT molecular complexity index is 782. The molecular weight excluding hydrogens is 274 g/mol. The Morgan fingerprint density at radius 3 is 2.32 bits per heavy atom. The number of anilines is 1. The molecule has 0 bridgehead atoms. The van der Waals surface area contributed by atoms with E-state index in [9.17, 15) is 0 Å². The van der Waals surface area contributed by atoms with Gasteiger partial charge in [-0.05, 0) is 51.0 Å². The van der Waals surface area contributed by atoms with Crippen molar-refractivity contribution in [3.05, 3.63) is 41.9 Å². The van der Waals surface area contributed by atoms with E-state index in [2.05, 4.69) is 65.9 Å². The standard InChI is InChI=1S/C17H21N5/c1-5-21(6-2)16-15-10-20-22(17(15)19-11-18-16)14-8-12(3)7-13(4)9-14/h7-11H,5-6H2,1-4H3. The van der Waals surface area contributed by atoms with Crippen molar-refractivity contribution in [2.75, 3.05) is 18.0 Å². The molecule has 5 nitrogen and oxygen atoms in total. The maximum absolute atomic E-state index is 4.55. The van der Waals surface area contributed by atoms with Crippen molar-refractivity contribution in [1.29, 1.82) is 0 Å². The van der Waals surface area contributed by atoms with Gasteiger partial charge < -0.3 is 4.90 Å². The number of aromatic nitrogens is 4. The first-order valence-corrected chi connectivity index (χ1v) is 7.66. The van der Waals surface area contributed by atoms with E-state index in [1.54, 1.807) is 6.33 Å². The smallest absolute Gasteiger partial charge is 0.168 e. The van der Waals surface area contributed by atoms with Crippen LogP contribution in [0.3, 0.4) is 0 Å². The highest BCUT2D eigenvalue weighted by Gasteiger charge is 2.14. The number of nitrogens with zero attached hydrogens (tertiary/aromatic N) is 5. The molecule has 0 aliphatic rings. The van der Waals surface area contributed by atoms with Gasteiger partial charge in [-0.2, -0.15) is 5.10 Å². The summed E-state index contributed by atoms with van der Waals surface area (Å²) < 4.78 is 1.89. The first kappa shape index (κ1) is 14.5. The van der Waals surface area contributed by atoms with Crippen LogP contribution in [0.4, 0.5) is 5.82 Å². The van der Waals surface area contributed by atoms with Gasteiger partial charge in [-0.25, -0.2) is 14.6 Å². The van der Waals surface area contributed by atoms with E-state index >= 15 is 0 Å². The van der Waals surface area contributed by atoms with Gasteiger partial charge in [0, 0.05) is 13.1 Å². The second-order valence-corrected chi connectivity index (χ2v) is 5.51. The van der Waals surface area contributed by atoms with Crippen molar-refractivity contribution in [3.63, 3.8) is 0 Å². The number of aryl methyl sites for hydroxylation is 2. The van der Waals surface area contributed by atoms with Crippen molar-refractivity contribution in [3.8, 4) is 5.69 Å². The lowest BCUT2D eigenvalue weighted by molar-refractivity contribution is 0.847. The third kappa shape index (κ3) is 2.43. The zero-order chi connectivity index (χ0) is 15.7. The van der Waals surface area contributed by atoms with E-state index in [0.29, 0.717) is 0 Å². The van der Waals surface area contributed by atoms with Gasteiger partial charge in [0.2, 0.25) is 0 Å². The molecule has 0 aliphatic carbocycles. The zero-order valence-electron chi connectivity index (χ0n) is 13.5. The summed E-state index contributed by atoms with van der Waals surface area (Å²) in [6.45, 7) is 10.3. The summed E-state index contributed by atoms with van der Waals surface area (Å²) in [6.07, 6.45) is 3.48. The monoisotopic (exact) mass is 295 g/mol. The molecule has 0 saturated heterocycles. The van der Waals surface area contributed by atoms with Gasteiger partial charge in [0.25, 0.3) is 0 Å². The second kappa shape index (κ2) is 5.75. The third-order valence-corrected chi connectivity index (χ3v) is 3.86. The molecule has 2 heterocycles. The van der Waals surface area contributed by atoms with Gasteiger partial charge in [0.15, 0.2) is 5.65 Å². The molecule has 0 amide bonds. The van der Waals surface area contributed by atoms with Gasteiger partial charge >= 0.3 is 0 Å². The fourth-order valence-electron chi connectivity index (χ4n) is 2.87. The van der Waals surface area contributed by atoms with Crippen LogP contribution in [0.2, 0.25) is 0 Å². The molecule has 0 atom stereocenters. The Kier molecular flexibility index (Phi) is 3.79. The van der Waals surface area contributed by atoms with E-state index < -0.39 is 0 Å². The quantitative estimate of drug-likeness (QED) is 0.741. The summed E-state index contributed by atoms with van der Waals surface area (Å²) in [7, 11) is 0. The van der Waals surface area contributed by atoms with Gasteiger partial charge in [0.05, 0.1) is 17.3 Å². The molecule has 114 valence electrons. The lowest BCUT2D eigenvalue weighted by atomic mass is 10.1. The Morgan fingerprint density at radius 2 is 1.68 bits per heavy atom. The summed E-state index contributed by atoms with van der Waals surface area (Å²) in [5.41, 5.74) is 4.33. The minimum absolute atomic E-state index is 0.849. The molecule has 0 spiro atoms. The largest absolute Gasteiger partial charge is 0.356 e. The Balaban J connectivity index is 2.19. The highest BCUT2D eigenvalue weighted by Crippen LogP contribution is 2.25. The lowest BCUT2D eigenvalue weighted by Crippen LogP contribution is -2.23. The number of benzene rings is 1. The van der Waals surface area contributed by atoms with E-state index in [0.717, 1.165) is 35.6 Å². The number of fused-ring (bicyclic) bond motifs is 1. The van der Waals surface area contributed by atoms with E-state index in [1.165, 1.54) is 11.1 Å². The third-order valence-electron chi connectivity index (χ3n) is 3.86. The van der Waals surface area contributed by atoms with Gasteiger partial charge in [-0.3, -0.25) is 0 Å². The van der Waals surface area contributed by atoms with Crippen LogP contribution in [0.1, 0.15) is 25.0 Å². The molecule has 1 aromatic carbocycles. The molecule has 0 aliphatic heterocycles. The summed E-state index contributed by atoms with van der Waals surface area (Å²) in [6, 6.07) is 6.41. The molecular formula is C17H21N5. The molecule has 0 N–H and O–H groups in total. The Morgan fingerprint density at radius 1 is 1.00 bits per heavy atom. The summed E-state index contributed by atoms with van der Waals surface area (Å²) in [4.78, 5) is 11.1. The Hall–Kier alpha value is -2.43. The molecule has 22 heavy (non-hydrogen) atoms.